The number of halogens is 4. The zero-order valence-corrected chi connectivity index (χ0v) is 15.3. The van der Waals surface area contributed by atoms with Gasteiger partial charge in [-0.1, -0.05) is 11.6 Å². The summed E-state index contributed by atoms with van der Waals surface area (Å²) in [5.74, 6) is -0.0413. The van der Waals surface area contributed by atoms with E-state index in [0.29, 0.717) is 22.1 Å². The van der Waals surface area contributed by atoms with Gasteiger partial charge in [0.15, 0.2) is 0 Å². The highest BCUT2D eigenvalue weighted by molar-refractivity contribution is 7.90. The zero-order valence-electron chi connectivity index (χ0n) is 13.7. The molecule has 1 heterocycles. The summed E-state index contributed by atoms with van der Waals surface area (Å²) in [6.45, 7) is 1.61. The monoisotopic (exact) mass is 415 g/mol. The van der Waals surface area contributed by atoms with Crippen LogP contribution in [0.15, 0.2) is 12.1 Å². The summed E-state index contributed by atoms with van der Waals surface area (Å²) >= 11 is 6.05. The molecule has 1 aliphatic rings. The molecule has 1 fully saturated rings. The van der Waals surface area contributed by atoms with Gasteiger partial charge >= 0.3 is 15.5 Å². The number of nitrogens with zero attached hydrogens (tertiary/aromatic N) is 2. The molecule has 12 heteroatoms. The molecular formula is C14H17ClF3N3O4S. The lowest BCUT2D eigenvalue weighted by Gasteiger charge is -2.31. The highest BCUT2D eigenvalue weighted by Gasteiger charge is 2.50. The molecule has 26 heavy (non-hydrogen) atoms. The maximum Gasteiger partial charge on any atom is 0.511 e. The number of hydrogen-bond acceptors (Lipinski definition) is 5. The van der Waals surface area contributed by atoms with E-state index >= 15 is 0 Å². The number of aryl methyl sites for hydroxylation is 1. The van der Waals surface area contributed by atoms with Crippen LogP contribution in [0.1, 0.15) is 18.4 Å². The Morgan fingerprint density at radius 2 is 1.92 bits per heavy atom. The first-order valence-electron chi connectivity index (χ1n) is 7.68. The van der Waals surface area contributed by atoms with E-state index in [4.69, 9.17) is 11.6 Å². The minimum Gasteiger partial charge on any atom is -0.383 e. The van der Waals surface area contributed by atoms with Gasteiger partial charge in [0.2, 0.25) is 0 Å². The molecule has 7 nitrogen and oxygen atoms in total. The molecule has 1 aliphatic heterocycles. The largest absolute Gasteiger partial charge is 0.511 e. The minimum absolute atomic E-state index is 0.0413. The SMILES string of the molecule is Cc1cc([N+](=O)[O-])cc(Cl)c1NCC1CCN(S(=O)(=O)C(F)(F)F)CC1. The molecule has 0 bridgehead atoms. The van der Waals surface area contributed by atoms with Gasteiger partial charge in [0.1, 0.15) is 0 Å². The number of hydrogen-bond donors (Lipinski definition) is 1. The Hall–Kier alpha value is -1.59. The molecule has 0 unspecified atom stereocenters. The lowest BCUT2D eigenvalue weighted by Crippen LogP contribution is -2.45. The van der Waals surface area contributed by atoms with Crippen molar-refractivity contribution in [3.8, 4) is 0 Å². The Morgan fingerprint density at radius 1 is 1.35 bits per heavy atom. The van der Waals surface area contributed by atoms with Gasteiger partial charge in [-0.25, -0.2) is 8.42 Å². The molecule has 0 atom stereocenters. The minimum atomic E-state index is -5.29. The first kappa shape index (κ1) is 20.7. The summed E-state index contributed by atoms with van der Waals surface area (Å²) in [7, 11) is -5.29. The van der Waals surface area contributed by atoms with Gasteiger partial charge in [0.25, 0.3) is 5.69 Å². The standard InChI is InChI=1S/C14H17ClF3N3O4S/c1-9-6-11(21(22)23)7-12(15)13(9)19-8-10-2-4-20(5-3-10)26(24,25)14(16,17)18/h6-7,10,19H,2-5,8H2,1H3. The molecule has 1 aromatic carbocycles. The maximum absolute atomic E-state index is 12.6. The first-order chi connectivity index (χ1) is 11.9. The van der Waals surface area contributed by atoms with Crippen molar-refractivity contribution in [1.82, 2.24) is 4.31 Å². The zero-order chi connectivity index (χ0) is 19.7. The molecule has 0 aromatic heterocycles. The number of sulfonamides is 1. The third kappa shape index (κ3) is 4.38. The summed E-state index contributed by atoms with van der Waals surface area (Å²) in [5, 5.41) is 14.0. The van der Waals surface area contributed by atoms with Crippen molar-refractivity contribution in [2.45, 2.75) is 25.3 Å². The maximum atomic E-state index is 12.6. The quantitative estimate of drug-likeness (QED) is 0.586. The molecule has 0 saturated carbocycles. The lowest BCUT2D eigenvalue weighted by atomic mass is 9.98. The number of nitro groups is 1. The van der Waals surface area contributed by atoms with E-state index in [1.807, 2.05) is 0 Å². The van der Waals surface area contributed by atoms with E-state index in [0.717, 1.165) is 0 Å². The van der Waals surface area contributed by atoms with Crippen LogP contribution in [0, 0.1) is 23.0 Å². The Morgan fingerprint density at radius 3 is 2.38 bits per heavy atom. The van der Waals surface area contributed by atoms with E-state index in [1.165, 1.54) is 12.1 Å². The first-order valence-corrected chi connectivity index (χ1v) is 9.50. The summed E-state index contributed by atoms with van der Waals surface area (Å²) in [5.41, 5.74) is -4.34. The van der Waals surface area contributed by atoms with E-state index in [2.05, 4.69) is 5.32 Å². The van der Waals surface area contributed by atoms with Crippen molar-refractivity contribution in [2.24, 2.45) is 5.92 Å². The van der Waals surface area contributed by atoms with Crippen LogP contribution in [0.5, 0.6) is 0 Å². The van der Waals surface area contributed by atoms with Crippen molar-refractivity contribution in [3.05, 3.63) is 32.8 Å². The molecule has 0 spiro atoms. The van der Waals surface area contributed by atoms with Gasteiger partial charge in [0, 0.05) is 31.8 Å². The third-order valence-corrected chi connectivity index (χ3v) is 6.18. The fourth-order valence-corrected chi connectivity index (χ4v) is 4.11. The molecule has 1 aromatic rings. The van der Waals surface area contributed by atoms with Gasteiger partial charge in [-0.2, -0.15) is 17.5 Å². The second-order valence-corrected chi connectivity index (χ2v) is 8.39. The Labute approximate surface area is 153 Å². The van der Waals surface area contributed by atoms with Crippen LogP contribution in [0.4, 0.5) is 24.5 Å². The van der Waals surface area contributed by atoms with Crippen LogP contribution in [0.3, 0.4) is 0 Å². The number of anilines is 1. The summed E-state index contributed by atoms with van der Waals surface area (Å²) < 4.78 is 60.9. The molecule has 1 saturated heterocycles. The number of piperidine rings is 1. The van der Waals surface area contributed by atoms with E-state index in [-0.39, 0.29) is 42.6 Å². The van der Waals surface area contributed by atoms with E-state index in [9.17, 15) is 31.7 Å². The number of nitrogens with one attached hydrogen (secondary N) is 1. The van der Waals surface area contributed by atoms with Gasteiger partial charge in [-0.05, 0) is 31.2 Å². The van der Waals surface area contributed by atoms with Crippen LogP contribution in [-0.2, 0) is 10.0 Å². The molecule has 2 rings (SSSR count). The predicted molar refractivity (Wildman–Crippen MR) is 90.6 cm³/mol. The second-order valence-electron chi connectivity index (χ2n) is 6.05. The van der Waals surface area contributed by atoms with Crippen molar-refractivity contribution in [2.75, 3.05) is 25.0 Å². The molecule has 0 amide bonds. The molecule has 0 aliphatic carbocycles. The number of rotatable bonds is 5. The van der Waals surface area contributed by atoms with Gasteiger partial charge in [0.05, 0.1) is 15.6 Å². The summed E-state index contributed by atoms with van der Waals surface area (Å²) in [6.07, 6.45) is 0.540. The number of non-ortho nitro benzene ring substituents is 1. The average Bonchev–Trinajstić information content (AvgIpc) is 2.53. The fraction of sp³-hybridized carbons (Fsp3) is 0.571. The molecule has 0 radical (unpaired) electrons. The Kier molecular flexibility index (Phi) is 6.03. The average molecular weight is 416 g/mol. The number of benzene rings is 1. The highest BCUT2D eigenvalue weighted by Crippen LogP contribution is 2.33. The molecule has 1 N–H and O–H groups in total. The Bertz CT molecular complexity index is 770. The lowest BCUT2D eigenvalue weighted by molar-refractivity contribution is -0.384. The summed E-state index contributed by atoms with van der Waals surface area (Å²) in [4.78, 5) is 10.2. The van der Waals surface area contributed by atoms with E-state index in [1.54, 1.807) is 6.92 Å². The van der Waals surface area contributed by atoms with E-state index < -0.39 is 20.5 Å². The number of nitro benzene ring substituents is 1. The van der Waals surface area contributed by atoms with Crippen LogP contribution in [-0.4, -0.2) is 42.8 Å². The molecule has 146 valence electrons. The Balaban J connectivity index is 1.96. The van der Waals surface area contributed by atoms with Crippen LogP contribution < -0.4 is 5.32 Å². The van der Waals surface area contributed by atoms with Crippen LogP contribution in [0.2, 0.25) is 5.02 Å². The van der Waals surface area contributed by atoms with Crippen molar-refractivity contribution in [3.63, 3.8) is 0 Å². The second kappa shape index (κ2) is 7.57. The topological polar surface area (TPSA) is 92.6 Å². The fourth-order valence-electron chi connectivity index (χ4n) is 2.80. The predicted octanol–water partition coefficient (Wildman–Crippen LogP) is 3.53. The van der Waals surface area contributed by atoms with Crippen LogP contribution >= 0.6 is 11.6 Å². The smallest absolute Gasteiger partial charge is 0.383 e. The van der Waals surface area contributed by atoms with Crippen molar-refractivity contribution in [1.29, 1.82) is 0 Å². The normalized spacial score (nSPS) is 17.3. The highest BCUT2D eigenvalue weighted by atomic mass is 35.5. The van der Waals surface area contributed by atoms with Crippen molar-refractivity contribution < 1.29 is 26.5 Å². The van der Waals surface area contributed by atoms with Gasteiger partial charge < -0.3 is 5.32 Å². The molecular weight excluding hydrogens is 399 g/mol. The van der Waals surface area contributed by atoms with Gasteiger partial charge in [-0.15, -0.1) is 0 Å². The summed E-state index contributed by atoms with van der Waals surface area (Å²) in [6, 6.07) is 2.59. The third-order valence-electron chi connectivity index (χ3n) is 4.26. The van der Waals surface area contributed by atoms with Crippen LogP contribution in [0.25, 0.3) is 0 Å². The van der Waals surface area contributed by atoms with Gasteiger partial charge in [-0.3, -0.25) is 10.1 Å². The van der Waals surface area contributed by atoms with Crippen molar-refractivity contribution >= 4 is 33.0 Å². The number of alkyl halides is 3.